The van der Waals surface area contributed by atoms with Crippen LogP contribution in [-0.2, 0) is 23.1 Å². The molecule has 0 unspecified atom stereocenters. The molecule has 4 nitrogen and oxygen atoms in total. The quantitative estimate of drug-likeness (QED) is 0.884. The molecule has 0 heterocycles. The third kappa shape index (κ3) is 3.45. The van der Waals surface area contributed by atoms with E-state index < -0.39 is 10.0 Å². The van der Waals surface area contributed by atoms with E-state index in [2.05, 4.69) is 4.72 Å². The minimum absolute atomic E-state index is 0.240. The molecule has 3 N–H and O–H groups in total. The summed E-state index contributed by atoms with van der Waals surface area (Å²) in [7, 11) is -3.49. The zero-order valence-corrected chi connectivity index (χ0v) is 12.2. The number of hydrogen-bond acceptors (Lipinski definition) is 3. The van der Waals surface area contributed by atoms with E-state index >= 15 is 0 Å². The summed E-state index contributed by atoms with van der Waals surface area (Å²) in [5.74, 6) is 0. The maximum absolute atomic E-state index is 12.2. The highest BCUT2D eigenvalue weighted by Gasteiger charge is 2.13. The first-order valence-electron chi connectivity index (χ1n) is 6.36. The number of nitrogens with two attached hydrogens (primary N) is 1. The maximum Gasteiger partial charge on any atom is 0.240 e. The minimum atomic E-state index is -3.49. The maximum atomic E-state index is 12.2. The monoisotopic (exact) mass is 290 g/mol. The molecule has 0 aliphatic heterocycles. The van der Waals surface area contributed by atoms with Gasteiger partial charge in [0.1, 0.15) is 0 Å². The van der Waals surface area contributed by atoms with Gasteiger partial charge in [-0.15, -0.1) is 0 Å². The molecule has 0 fully saturated rings. The number of aryl methyl sites for hydroxylation is 1. The molecule has 2 aromatic rings. The largest absolute Gasteiger partial charge is 0.326 e. The topological polar surface area (TPSA) is 72.2 Å². The van der Waals surface area contributed by atoms with E-state index in [1.54, 1.807) is 24.3 Å². The minimum Gasteiger partial charge on any atom is -0.326 e. The molecule has 0 radical (unpaired) electrons. The molecular formula is C15H18N2O2S. The van der Waals surface area contributed by atoms with Gasteiger partial charge in [-0.3, -0.25) is 0 Å². The lowest BCUT2D eigenvalue weighted by Gasteiger charge is -2.10. The van der Waals surface area contributed by atoms with E-state index in [4.69, 9.17) is 5.73 Å². The van der Waals surface area contributed by atoms with E-state index in [1.807, 2.05) is 31.2 Å². The Morgan fingerprint density at radius 2 is 1.60 bits per heavy atom. The summed E-state index contributed by atoms with van der Waals surface area (Å²) >= 11 is 0. The first-order chi connectivity index (χ1) is 9.53. The molecule has 0 amide bonds. The molecule has 0 bridgehead atoms. The molecule has 0 spiro atoms. The van der Waals surface area contributed by atoms with Gasteiger partial charge in [-0.1, -0.05) is 42.0 Å². The lowest BCUT2D eigenvalue weighted by atomic mass is 10.1. The molecule has 5 heteroatoms. The first kappa shape index (κ1) is 14.7. The van der Waals surface area contributed by atoms with E-state index in [0.717, 1.165) is 16.7 Å². The van der Waals surface area contributed by atoms with Crippen LogP contribution in [0.5, 0.6) is 0 Å². The highest BCUT2D eigenvalue weighted by molar-refractivity contribution is 7.89. The van der Waals surface area contributed by atoms with Crippen molar-refractivity contribution in [2.75, 3.05) is 0 Å². The van der Waals surface area contributed by atoms with Crippen molar-refractivity contribution >= 4 is 10.0 Å². The summed E-state index contributed by atoms with van der Waals surface area (Å²) in [5, 5.41) is 0. The molecule has 0 aliphatic rings. The Labute approximate surface area is 119 Å². The van der Waals surface area contributed by atoms with Crippen LogP contribution in [0.1, 0.15) is 16.7 Å². The predicted octanol–water partition coefficient (Wildman–Crippen LogP) is 1.93. The van der Waals surface area contributed by atoms with Crippen LogP contribution in [0.15, 0.2) is 53.4 Å². The van der Waals surface area contributed by atoms with Crippen LogP contribution >= 0.6 is 0 Å². The highest BCUT2D eigenvalue weighted by Crippen LogP contribution is 2.12. The van der Waals surface area contributed by atoms with Gasteiger partial charge in [0.05, 0.1) is 4.90 Å². The Kier molecular flexibility index (Phi) is 4.54. The van der Waals surface area contributed by atoms with Gasteiger partial charge >= 0.3 is 0 Å². The predicted molar refractivity (Wildman–Crippen MR) is 79.5 cm³/mol. The summed E-state index contributed by atoms with van der Waals surface area (Å²) in [6, 6.07) is 14.3. The zero-order valence-electron chi connectivity index (χ0n) is 11.3. The Morgan fingerprint density at radius 1 is 1.00 bits per heavy atom. The Bertz CT molecular complexity index is 679. The summed E-state index contributed by atoms with van der Waals surface area (Å²) in [4.78, 5) is 0.272. The second-order valence-electron chi connectivity index (χ2n) is 4.61. The van der Waals surface area contributed by atoms with Gasteiger partial charge in [-0.25, -0.2) is 13.1 Å². The number of nitrogens with one attached hydrogen (secondary N) is 1. The lowest BCUT2D eigenvalue weighted by molar-refractivity contribution is 0.581. The third-order valence-corrected chi connectivity index (χ3v) is 4.54. The average Bonchev–Trinajstić information content (AvgIpc) is 2.46. The molecule has 2 aromatic carbocycles. The summed E-state index contributed by atoms with van der Waals surface area (Å²) in [6.07, 6.45) is 0. The second-order valence-corrected chi connectivity index (χ2v) is 6.38. The van der Waals surface area contributed by atoms with Crippen molar-refractivity contribution in [2.24, 2.45) is 5.73 Å². The fourth-order valence-corrected chi connectivity index (χ4v) is 2.91. The van der Waals surface area contributed by atoms with Gasteiger partial charge < -0.3 is 5.73 Å². The normalized spacial score (nSPS) is 11.5. The van der Waals surface area contributed by atoms with Crippen molar-refractivity contribution in [3.63, 3.8) is 0 Å². The fraction of sp³-hybridized carbons (Fsp3) is 0.200. The van der Waals surface area contributed by atoms with E-state index in [0.29, 0.717) is 6.54 Å². The van der Waals surface area contributed by atoms with Gasteiger partial charge in [0.2, 0.25) is 10.0 Å². The summed E-state index contributed by atoms with van der Waals surface area (Å²) in [6.45, 7) is 2.55. The Balaban J connectivity index is 2.15. The van der Waals surface area contributed by atoms with Crippen LogP contribution in [0, 0.1) is 6.92 Å². The second kappa shape index (κ2) is 6.17. The van der Waals surface area contributed by atoms with Crippen molar-refractivity contribution in [2.45, 2.75) is 24.9 Å². The standard InChI is InChI=1S/C15H18N2O2S/c1-12-6-8-15(9-7-12)20(18,19)17-11-14-5-3-2-4-13(14)10-16/h2-9,17H,10-11,16H2,1H3. The third-order valence-electron chi connectivity index (χ3n) is 3.12. The van der Waals surface area contributed by atoms with Gasteiger partial charge in [0.15, 0.2) is 0 Å². The number of rotatable bonds is 5. The van der Waals surface area contributed by atoms with E-state index in [-0.39, 0.29) is 11.4 Å². The van der Waals surface area contributed by atoms with Crippen molar-refractivity contribution in [3.8, 4) is 0 Å². The number of benzene rings is 2. The first-order valence-corrected chi connectivity index (χ1v) is 7.84. The van der Waals surface area contributed by atoms with Crippen molar-refractivity contribution in [1.82, 2.24) is 4.72 Å². The smallest absolute Gasteiger partial charge is 0.240 e. The van der Waals surface area contributed by atoms with E-state index in [1.165, 1.54) is 0 Å². The zero-order chi connectivity index (χ0) is 14.6. The average molecular weight is 290 g/mol. The van der Waals surface area contributed by atoms with Gasteiger partial charge in [0, 0.05) is 13.1 Å². The van der Waals surface area contributed by atoms with Crippen molar-refractivity contribution in [1.29, 1.82) is 0 Å². The van der Waals surface area contributed by atoms with Crippen molar-refractivity contribution < 1.29 is 8.42 Å². The molecule has 0 saturated heterocycles. The lowest BCUT2D eigenvalue weighted by Crippen LogP contribution is -2.24. The van der Waals surface area contributed by atoms with Gasteiger partial charge in [-0.2, -0.15) is 0 Å². The molecule has 0 aliphatic carbocycles. The summed E-state index contributed by atoms with van der Waals surface area (Å²) < 4.78 is 27.0. The molecule has 106 valence electrons. The number of sulfonamides is 1. The molecule has 0 atom stereocenters. The SMILES string of the molecule is Cc1ccc(S(=O)(=O)NCc2ccccc2CN)cc1. The molecule has 20 heavy (non-hydrogen) atoms. The van der Waals surface area contributed by atoms with Crippen LogP contribution in [-0.4, -0.2) is 8.42 Å². The Morgan fingerprint density at radius 3 is 2.20 bits per heavy atom. The van der Waals surface area contributed by atoms with Crippen LogP contribution in [0.25, 0.3) is 0 Å². The Hall–Kier alpha value is -1.69. The van der Waals surface area contributed by atoms with E-state index in [9.17, 15) is 8.42 Å². The molecule has 0 saturated carbocycles. The van der Waals surface area contributed by atoms with Crippen LogP contribution in [0.2, 0.25) is 0 Å². The summed E-state index contributed by atoms with van der Waals surface area (Å²) in [5.41, 5.74) is 8.50. The molecule has 2 rings (SSSR count). The van der Waals surface area contributed by atoms with Crippen molar-refractivity contribution in [3.05, 3.63) is 65.2 Å². The fourth-order valence-electron chi connectivity index (χ4n) is 1.90. The van der Waals surface area contributed by atoms with Gasteiger partial charge in [0.25, 0.3) is 0 Å². The highest BCUT2D eigenvalue weighted by atomic mass is 32.2. The number of hydrogen-bond donors (Lipinski definition) is 2. The van der Waals surface area contributed by atoms with Gasteiger partial charge in [-0.05, 0) is 30.2 Å². The van der Waals surface area contributed by atoms with Crippen LogP contribution in [0.3, 0.4) is 0 Å². The molecule has 0 aromatic heterocycles. The van der Waals surface area contributed by atoms with Crippen LogP contribution < -0.4 is 10.5 Å². The molecular weight excluding hydrogens is 272 g/mol. The van der Waals surface area contributed by atoms with Crippen LogP contribution in [0.4, 0.5) is 0 Å².